The van der Waals surface area contributed by atoms with Gasteiger partial charge in [-0.3, -0.25) is 4.40 Å². The molecule has 0 radical (unpaired) electrons. The lowest BCUT2D eigenvalue weighted by atomic mass is 10.2. The molecule has 2 aromatic heterocycles. The number of fused-ring (bicyclic) bond motifs is 1. The molecule has 0 bridgehead atoms. The Kier molecular flexibility index (Phi) is 3.89. The van der Waals surface area contributed by atoms with Gasteiger partial charge >= 0.3 is 5.97 Å². The molecule has 0 atom stereocenters. The molecule has 1 N–H and O–H groups in total. The van der Waals surface area contributed by atoms with Crippen LogP contribution < -0.4 is 9.47 Å². The number of carbonyl (C=O) groups is 1. The van der Waals surface area contributed by atoms with E-state index in [9.17, 15) is 9.90 Å². The number of hydrogen-bond acceptors (Lipinski definition) is 4. The zero-order valence-corrected chi connectivity index (χ0v) is 12.8. The first-order chi connectivity index (χ1) is 11.1. The Labute approximate surface area is 132 Å². The Balaban J connectivity index is 1.97. The second kappa shape index (κ2) is 6.00. The summed E-state index contributed by atoms with van der Waals surface area (Å²) >= 11 is 0. The number of rotatable bonds is 5. The van der Waals surface area contributed by atoms with E-state index in [1.54, 1.807) is 29.8 Å². The minimum atomic E-state index is -1.07. The Morgan fingerprint density at radius 2 is 2.09 bits per heavy atom. The number of ether oxygens (including phenoxy) is 2. The van der Waals surface area contributed by atoms with E-state index in [4.69, 9.17) is 9.47 Å². The Morgan fingerprint density at radius 3 is 2.78 bits per heavy atom. The summed E-state index contributed by atoms with van der Waals surface area (Å²) < 4.78 is 12.6. The number of benzene rings is 1. The molecule has 0 aliphatic carbocycles. The van der Waals surface area contributed by atoms with Crippen molar-refractivity contribution in [3.63, 3.8) is 0 Å². The Morgan fingerprint density at radius 1 is 1.26 bits per heavy atom. The van der Waals surface area contributed by atoms with Crippen molar-refractivity contribution in [3.8, 4) is 11.5 Å². The molecular formula is C17H16N2O4. The van der Waals surface area contributed by atoms with Crippen molar-refractivity contribution < 1.29 is 19.4 Å². The van der Waals surface area contributed by atoms with Gasteiger partial charge in [-0.05, 0) is 36.8 Å². The summed E-state index contributed by atoms with van der Waals surface area (Å²) in [6.45, 7) is 2.14. The number of hydrogen-bond donors (Lipinski definition) is 1. The first-order valence-electron chi connectivity index (χ1n) is 7.06. The number of pyridine rings is 1. The minimum absolute atomic E-state index is 0.00417. The molecule has 0 aliphatic rings. The number of aromatic carboxylic acids is 1. The summed E-state index contributed by atoms with van der Waals surface area (Å²) in [4.78, 5) is 15.5. The fraction of sp³-hybridized carbons (Fsp3) is 0.176. The van der Waals surface area contributed by atoms with Crippen LogP contribution in [0.4, 0.5) is 0 Å². The van der Waals surface area contributed by atoms with Gasteiger partial charge in [-0.2, -0.15) is 0 Å². The standard InChI is InChI=1S/C17H16N2O4/c1-11-4-3-5-12(8-11)23-10-15-18-16(17(20)21)14-7-6-13(22-2)9-19(14)15/h3-9H,10H2,1-2H3,(H,20,21). The van der Waals surface area contributed by atoms with E-state index >= 15 is 0 Å². The highest BCUT2D eigenvalue weighted by atomic mass is 16.5. The average Bonchev–Trinajstić information content (AvgIpc) is 2.91. The van der Waals surface area contributed by atoms with Crippen molar-refractivity contribution in [1.29, 1.82) is 0 Å². The topological polar surface area (TPSA) is 73.1 Å². The van der Waals surface area contributed by atoms with Crippen molar-refractivity contribution in [1.82, 2.24) is 9.38 Å². The summed E-state index contributed by atoms with van der Waals surface area (Å²) in [6, 6.07) is 11.0. The van der Waals surface area contributed by atoms with Gasteiger partial charge in [0, 0.05) is 0 Å². The Hall–Kier alpha value is -3.02. The van der Waals surface area contributed by atoms with Crippen molar-refractivity contribution in [3.05, 3.63) is 59.7 Å². The van der Waals surface area contributed by atoms with E-state index < -0.39 is 5.97 Å². The van der Waals surface area contributed by atoms with Crippen molar-refractivity contribution in [2.24, 2.45) is 0 Å². The summed E-state index contributed by atoms with van der Waals surface area (Å²) in [6.07, 6.45) is 1.70. The third-order valence-corrected chi connectivity index (χ3v) is 3.48. The molecule has 0 saturated carbocycles. The quantitative estimate of drug-likeness (QED) is 0.784. The number of methoxy groups -OCH3 is 1. The highest BCUT2D eigenvalue weighted by Gasteiger charge is 2.17. The second-order valence-corrected chi connectivity index (χ2v) is 5.11. The van der Waals surface area contributed by atoms with Crippen LogP contribution >= 0.6 is 0 Å². The van der Waals surface area contributed by atoms with Crippen LogP contribution in [0.2, 0.25) is 0 Å². The lowest BCUT2D eigenvalue weighted by Gasteiger charge is -2.07. The van der Waals surface area contributed by atoms with Crippen LogP contribution in [0, 0.1) is 6.92 Å². The van der Waals surface area contributed by atoms with Gasteiger partial charge in [-0.25, -0.2) is 9.78 Å². The number of carboxylic acid groups (broad SMARTS) is 1. The molecule has 0 aliphatic heterocycles. The van der Waals surface area contributed by atoms with Gasteiger partial charge in [0.1, 0.15) is 18.1 Å². The SMILES string of the molecule is COc1ccc2c(C(=O)O)nc(COc3cccc(C)c3)n2c1. The summed E-state index contributed by atoms with van der Waals surface area (Å²) in [5, 5.41) is 9.30. The van der Waals surface area contributed by atoms with Gasteiger partial charge in [0.05, 0.1) is 18.8 Å². The number of aromatic nitrogens is 2. The smallest absolute Gasteiger partial charge is 0.356 e. The van der Waals surface area contributed by atoms with Crippen LogP contribution in [0.5, 0.6) is 11.5 Å². The fourth-order valence-electron chi connectivity index (χ4n) is 2.36. The summed E-state index contributed by atoms with van der Waals surface area (Å²) in [5.41, 5.74) is 1.58. The van der Waals surface area contributed by atoms with Crippen molar-refractivity contribution in [2.45, 2.75) is 13.5 Å². The van der Waals surface area contributed by atoms with Crippen molar-refractivity contribution in [2.75, 3.05) is 7.11 Å². The number of aryl methyl sites for hydroxylation is 1. The van der Waals surface area contributed by atoms with Gasteiger partial charge in [0.15, 0.2) is 11.5 Å². The molecule has 6 heteroatoms. The molecule has 0 spiro atoms. The minimum Gasteiger partial charge on any atom is -0.495 e. The van der Waals surface area contributed by atoms with E-state index in [0.717, 1.165) is 5.56 Å². The first-order valence-corrected chi connectivity index (χ1v) is 7.06. The van der Waals surface area contributed by atoms with E-state index in [1.807, 2.05) is 31.2 Å². The zero-order chi connectivity index (χ0) is 16.4. The van der Waals surface area contributed by atoms with E-state index in [-0.39, 0.29) is 12.3 Å². The van der Waals surface area contributed by atoms with Crippen LogP contribution in [0.1, 0.15) is 21.9 Å². The maximum Gasteiger partial charge on any atom is 0.356 e. The normalized spacial score (nSPS) is 10.7. The number of nitrogens with zero attached hydrogens (tertiary/aromatic N) is 2. The molecule has 0 fully saturated rings. The summed E-state index contributed by atoms with van der Waals surface area (Å²) in [7, 11) is 1.55. The molecule has 6 nitrogen and oxygen atoms in total. The molecule has 3 aromatic rings. The third kappa shape index (κ3) is 2.96. The molecule has 0 saturated heterocycles. The van der Waals surface area contributed by atoms with Gasteiger partial charge in [-0.15, -0.1) is 0 Å². The van der Waals surface area contributed by atoms with E-state index in [1.165, 1.54) is 0 Å². The monoisotopic (exact) mass is 312 g/mol. The highest BCUT2D eigenvalue weighted by molar-refractivity contribution is 5.93. The highest BCUT2D eigenvalue weighted by Crippen LogP contribution is 2.20. The number of imidazole rings is 1. The van der Waals surface area contributed by atoms with Crippen LogP contribution in [-0.4, -0.2) is 27.6 Å². The van der Waals surface area contributed by atoms with Gasteiger partial charge < -0.3 is 14.6 Å². The molecule has 3 rings (SSSR count). The van der Waals surface area contributed by atoms with Gasteiger partial charge in [-0.1, -0.05) is 12.1 Å². The van der Waals surface area contributed by atoms with Crippen LogP contribution in [0.3, 0.4) is 0 Å². The average molecular weight is 312 g/mol. The van der Waals surface area contributed by atoms with E-state index in [2.05, 4.69) is 4.98 Å². The van der Waals surface area contributed by atoms with Crippen molar-refractivity contribution >= 4 is 11.5 Å². The predicted molar refractivity (Wildman–Crippen MR) is 84.2 cm³/mol. The number of carboxylic acids is 1. The lowest BCUT2D eigenvalue weighted by Crippen LogP contribution is -2.02. The maximum absolute atomic E-state index is 11.4. The molecule has 0 amide bonds. The fourth-order valence-corrected chi connectivity index (χ4v) is 2.36. The van der Waals surface area contributed by atoms with Gasteiger partial charge in [0.2, 0.25) is 0 Å². The second-order valence-electron chi connectivity index (χ2n) is 5.11. The third-order valence-electron chi connectivity index (χ3n) is 3.48. The molecule has 118 valence electrons. The zero-order valence-electron chi connectivity index (χ0n) is 12.8. The molecular weight excluding hydrogens is 296 g/mol. The maximum atomic E-state index is 11.4. The van der Waals surface area contributed by atoms with Crippen LogP contribution in [0.25, 0.3) is 5.52 Å². The van der Waals surface area contributed by atoms with Gasteiger partial charge in [0.25, 0.3) is 0 Å². The van der Waals surface area contributed by atoms with E-state index in [0.29, 0.717) is 22.8 Å². The van der Waals surface area contributed by atoms with Crippen LogP contribution in [0.15, 0.2) is 42.6 Å². The molecule has 2 heterocycles. The summed E-state index contributed by atoms with van der Waals surface area (Å²) in [5.74, 6) is 0.748. The molecule has 23 heavy (non-hydrogen) atoms. The molecule has 1 aromatic carbocycles. The van der Waals surface area contributed by atoms with Crippen LogP contribution in [-0.2, 0) is 6.61 Å². The largest absolute Gasteiger partial charge is 0.495 e. The predicted octanol–water partition coefficient (Wildman–Crippen LogP) is 2.93. The lowest BCUT2D eigenvalue weighted by molar-refractivity contribution is 0.0693. The molecule has 0 unspecified atom stereocenters. The first kappa shape index (κ1) is 14.9. The Bertz CT molecular complexity index is 870.